The maximum absolute atomic E-state index is 12.4. The molecule has 5 nitrogen and oxygen atoms in total. The maximum atomic E-state index is 12.4. The molecule has 2 N–H and O–H groups in total. The normalized spacial score (nSPS) is 15.3. The monoisotopic (exact) mass is 385 g/mol. The number of amides is 2. The van der Waals surface area contributed by atoms with Gasteiger partial charge in [-0.1, -0.05) is 23.7 Å². The largest absolute Gasteiger partial charge is 0.349 e. The maximum Gasteiger partial charge on any atom is 0.251 e. The Balaban J connectivity index is 1.46. The first kappa shape index (κ1) is 19.4. The van der Waals surface area contributed by atoms with Crippen molar-refractivity contribution in [2.45, 2.75) is 32.4 Å². The lowest BCUT2D eigenvalue weighted by atomic mass is 10.0. The number of benzene rings is 2. The Kier molecular flexibility index (Phi) is 6.48. The van der Waals surface area contributed by atoms with Crippen LogP contribution in [-0.2, 0) is 11.3 Å². The van der Waals surface area contributed by atoms with Crippen molar-refractivity contribution in [1.29, 1.82) is 0 Å². The highest BCUT2D eigenvalue weighted by molar-refractivity contribution is 6.30. The van der Waals surface area contributed by atoms with Crippen LogP contribution >= 0.6 is 11.6 Å². The summed E-state index contributed by atoms with van der Waals surface area (Å²) in [6.07, 6.45) is 1.87. The molecule has 1 aliphatic heterocycles. The van der Waals surface area contributed by atoms with Gasteiger partial charge in [0.2, 0.25) is 5.91 Å². The van der Waals surface area contributed by atoms with Gasteiger partial charge < -0.3 is 10.6 Å². The van der Waals surface area contributed by atoms with Crippen molar-refractivity contribution in [1.82, 2.24) is 10.2 Å². The van der Waals surface area contributed by atoms with Gasteiger partial charge in [0.1, 0.15) is 0 Å². The van der Waals surface area contributed by atoms with Crippen LogP contribution in [0.1, 0.15) is 35.7 Å². The van der Waals surface area contributed by atoms with Gasteiger partial charge in [0.05, 0.1) is 0 Å². The molecular weight excluding hydrogens is 362 g/mol. The van der Waals surface area contributed by atoms with Gasteiger partial charge in [0.25, 0.3) is 5.91 Å². The fraction of sp³-hybridized carbons (Fsp3) is 0.333. The van der Waals surface area contributed by atoms with Crippen LogP contribution in [0.15, 0.2) is 48.5 Å². The molecule has 1 aliphatic rings. The van der Waals surface area contributed by atoms with E-state index in [1.807, 2.05) is 12.1 Å². The third kappa shape index (κ3) is 5.81. The highest BCUT2D eigenvalue weighted by atomic mass is 35.5. The molecule has 0 saturated carbocycles. The quantitative estimate of drug-likeness (QED) is 0.825. The zero-order chi connectivity index (χ0) is 19.2. The lowest BCUT2D eigenvalue weighted by molar-refractivity contribution is -0.114. The molecular formula is C21H24ClN3O2. The Morgan fingerprint density at radius 1 is 1.04 bits per heavy atom. The number of halogens is 1. The van der Waals surface area contributed by atoms with E-state index in [9.17, 15) is 9.59 Å². The van der Waals surface area contributed by atoms with Crippen LogP contribution in [0.3, 0.4) is 0 Å². The van der Waals surface area contributed by atoms with E-state index in [2.05, 4.69) is 27.7 Å². The van der Waals surface area contributed by atoms with Gasteiger partial charge in [-0.3, -0.25) is 14.5 Å². The number of nitrogens with one attached hydrogen (secondary N) is 2. The van der Waals surface area contributed by atoms with Crippen molar-refractivity contribution in [3.05, 3.63) is 64.7 Å². The highest BCUT2D eigenvalue weighted by Gasteiger charge is 2.21. The smallest absolute Gasteiger partial charge is 0.251 e. The average Bonchev–Trinajstić information content (AvgIpc) is 2.65. The molecule has 0 aliphatic carbocycles. The number of rotatable bonds is 5. The van der Waals surface area contributed by atoms with Crippen LogP contribution in [0.25, 0.3) is 0 Å². The number of hydrogen-bond acceptors (Lipinski definition) is 3. The molecule has 1 fully saturated rings. The topological polar surface area (TPSA) is 61.4 Å². The van der Waals surface area contributed by atoms with Gasteiger partial charge in [0.15, 0.2) is 0 Å². The molecule has 3 rings (SSSR count). The molecule has 0 aromatic heterocycles. The summed E-state index contributed by atoms with van der Waals surface area (Å²) in [5.41, 5.74) is 2.54. The Morgan fingerprint density at radius 2 is 1.67 bits per heavy atom. The minimum absolute atomic E-state index is 0.0690. The van der Waals surface area contributed by atoms with Crippen molar-refractivity contribution >= 4 is 29.1 Å². The van der Waals surface area contributed by atoms with Crippen LogP contribution in [0.5, 0.6) is 0 Å². The highest BCUT2D eigenvalue weighted by Crippen LogP contribution is 2.17. The van der Waals surface area contributed by atoms with Crippen molar-refractivity contribution in [3.8, 4) is 0 Å². The Morgan fingerprint density at radius 3 is 2.26 bits per heavy atom. The summed E-state index contributed by atoms with van der Waals surface area (Å²) in [6, 6.07) is 15.1. The van der Waals surface area contributed by atoms with Crippen LogP contribution in [0.2, 0.25) is 5.02 Å². The van der Waals surface area contributed by atoms with Gasteiger partial charge in [0, 0.05) is 48.9 Å². The minimum atomic E-state index is -0.127. The van der Waals surface area contributed by atoms with E-state index in [0.29, 0.717) is 11.3 Å². The fourth-order valence-corrected chi connectivity index (χ4v) is 3.39. The molecule has 0 unspecified atom stereocenters. The van der Waals surface area contributed by atoms with Crippen LogP contribution in [0.4, 0.5) is 5.69 Å². The molecule has 0 radical (unpaired) electrons. The van der Waals surface area contributed by atoms with E-state index in [0.717, 1.165) is 37.5 Å². The number of likely N-dealkylation sites (tertiary alicyclic amines) is 1. The molecule has 0 spiro atoms. The third-order valence-corrected chi connectivity index (χ3v) is 4.96. The number of hydrogen-bond donors (Lipinski definition) is 2. The number of nitrogens with zero attached hydrogens (tertiary/aromatic N) is 1. The zero-order valence-electron chi connectivity index (χ0n) is 15.4. The summed E-state index contributed by atoms with van der Waals surface area (Å²) < 4.78 is 0. The zero-order valence-corrected chi connectivity index (χ0v) is 16.1. The van der Waals surface area contributed by atoms with Gasteiger partial charge in [-0.2, -0.15) is 0 Å². The SMILES string of the molecule is CC(=O)Nc1ccc(C(=O)NC2CCN(Cc3ccc(Cl)cc3)CC2)cc1. The molecule has 2 aromatic rings. The molecule has 0 atom stereocenters. The summed E-state index contributed by atoms with van der Waals surface area (Å²) in [4.78, 5) is 25.9. The molecule has 1 heterocycles. The number of anilines is 1. The molecule has 142 valence electrons. The van der Waals surface area contributed by atoms with Gasteiger partial charge in [-0.15, -0.1) is 0 Å². The standard InChI is InChI=1S/C21H24ClN3O2/c1-15(26)23-19-8-4-17(5-9-19)21(27)24-20-10-12-25(13-11-20)14-16-2-6-18(22)7-3-16/h2-9,20H,10-14H2,1H3,(H,23,26)(H,24,27). The third-order valence-electron chi connectivity index (χ3n) is 4.71. The van der Waals surface area contributed by atoms with E-state index in [-0.39, 0.29) is 17.9 Å². The molecule has 0 bridgehead atoms. The Labute approximate surface area is 164 Å². The van der Waals surface area contributed by atoms with E-state index in [1.165, 1.54) is 12.5 Å². The molecule has 1 saturated heterocycles. The molecule has 27 heavy (non-hydrogen) atoms. The fourth-order valence-electron chi connectivity index (χ4n) is 3.26. The summed E-state index contributed by atoms with van der Waals surface area (Å²) >= 11 is 5.93. The molecule has 2 amide bonds. The molecule has 6 heteroatoms. The van der Waals surface area contributed by atoms with E-state index < -0.39 is 0 Å². The van der Waals surface area contributed by atoms with Gasteiger partial charge >= 0.3 is 0 Å². The van der Waals surface area contributed by atoms with Crippen molar-refractivity contribution in [3.63, 3.8) is 0 Å². The van der Waals surface area contributed by atoms with E-state index in [4.69, 9.17) is 11.6 Å². The predicted molar refractivity (Wildman–Crippen MR) is 108 cm³/mol. The number of carbonyl (C=O) groups is 2. The van der Waals surface area contributed by atoms with Crippen LogP contribution < -0.4 is 10.6 Å². The first-order valence-corrected chi connectivity index (χ1v) is 9.53. The van der Waals surface area contributed by atoms with Crippen molar-refractivity contribution < 1.29 is 9.59 Å². The van der Waals surface area contributed by atoms with Gasteiger partial charge in [-0.05, 0) is 54.8 Å². The summed E-state index contributed by atoms with van der Waals surface area (Å²) in [6.45, 7) is 4.27. The Bertz CT molecular complexity index is 782. The second-order valence-corrected chi connectivity index (χ2v) is 7.35. The predicted octanol–water partition coefficient (Wildman–Crippen LogP) is 3.69. The van der Waals surface area contributed by atoms with Crippen LogP contribution in [0, 0.1) is 0 Å². The molecule has 2 aromatic carbocycles. The van der Waals surface area contributed by atoms with Crippen molar-refractivity contribution in [2.75, 3.05) is 18.4 Å². The summed E-state index contributed by atoms with van der Waals surface area (Å²) in [7, 11) is 0. The summed E-state index contributed by atoms with van der Waals surface area (Å²) in [5.74, 6) is -0.196. The van der Waals surface area contributed by atoms with Crippen molar-refractivity contribution in [2.24, 2.45) is 0 Å². The lowest BCUT2D eigenvalue weighted by Crippen LogP contribution is -2.44. The minimum Gasteiger partial charge on any atom is -0.349 e. The average molecular weight is 386 g/mol. The van der Waals surface area contributed by atoms with E-state index >= 15 is 0 Å². The second kappa shape index (κ2) is 9.02. The summed E-state index contributed by atoms with van der Waals surface area (Å²) in [5, 5.41) is 6.57. The number of carbonyl (C=O) groups excluding carboxylic acids is 2. The first-order chi connectivity index (χ1) is 13.0. The lowest BCUT2D eigenvalue weighted by Gasteiger charge is -2.32. The first-order valence-electron chi connectivity index (χ1n) is 9.15. The number of piperidine rings is 1. The van der Waals surface area contributed by atoms with Crippen LogP contribution in [-0.4, -0.2) is 35.8 Å². The second-order valence-electron chi connectivity index (χ2n) is 6.91. The Hall–Kier alpha value is -2.37. The van der Waals surface area contributed by atoms with E-state index in [1.54, 1.807) is 24.3 Å². The van der Waals surface area contributed by atoms with Gasteiger partial charge in [-0.25, -0.2) is 0 Å².